The Morgan fingerprint density at radius 3 is 2.84 bits per heavy atom. The zero-order chi connectivity index (χ0) is 13.8. The SMILES string of the molecule is Cc1cc(NC(=O)C(C)N2CCNCC2)ncc1Br. The highest BCUT2D eigenvalue weighted by Crippen LogP contribution is 2.17. The molecule has 2 rings (SSSR count). The minimum atomic E-state index is -0.132. The van der Waals surface area contributed by atoms with Crippen molar-refractivity contribution in [2.24, 2.45) is 0 Å². The summed E-state index contributed by atoms with van der Waals surface area (Å²) in [6.45, 7) is 7.59. The van der Waals surface area contributed by atoms with E-state index in [1.807, 2.05) is 19.9 Å². The van der Waals surface area contributed by atoms with Crippen molar-refractivity contribution in [3.05, 3.63) is 22.3 Å². The molecule has 1 amide bonds. The van der Waals surface area contributed by atoms with Crippen LogP contribution in [0.15, 0.2) is 16.7 Å². The first-order valence-electron chi connectivity index (χ1n) is 6.45. The molecular weight excluding hydrogens is 308 g/mol. The number of carbonyl (C=O) groups is 1. The van der Waals surface area contributed by atoms with Gasteiger partial charge in [-0.25, -0.2) is 4.98 Å². The van der Waals surface area contributed by atoms with Crippen LogP contribution >= 0.6 is 15.9 Å². The van der Waals surface area contributed by atoms with Crippen molar-refractivity contribution in [1.29, 1.82) is 0 Å². The molecule has 104 valence electrons. The van der Waals surface area contributed by atoms with Gasteiger partial charge in [0, 0.05) is 36.8 Å². The average Bonchev–Trinajstić information content (AvgIpc) is 2.43. The lowest BCUT2D eigenvalue weighted by Gasteiger charge is -2.31. The minimum Gasteiger partial charge on any atom is -0.314 e. The number of hydrogen-bond acceptors (Lipinski definition) is 4. The quantitative estimate of drug-likeness (QED) is 0.881. The Bertz CT molecular complexity index is 460. The molecule has 19 heavy (non-hydrogen) atoms. The second-order valence-corrected chi connectivity index (χ2v) is 5.62. The van der Waals surface area contributed by atoms with Crippen LogP contribution < -0.4 is 10.6 Å². The van der Waals surface area contributed by atoms with Crippen molar-refractivity contribution >= 4 is 27.7 Å². The highest BCUT2D eigenvalue weighted by molar-refractivity contribution is 9.10. The Morgan fingerprint density at radius 1 is 1.53 bits per heavy atom. The van der Waals surface area contributed by atoms with Crippen molar-refractivity contribution in [3.63, 3.8) is 0 Å². The van der Waals surface area contributed by atoms with Gasteiger partial charge in [0.25, 0.3) is 0 Å². The minimum absolute atomic E-state index is 0.00359. The van der Waals surface area contributed by atoms with E-state index in [1.165, 1.54) is 0 Å². The number of aromatic nitrogens is 1. The largest absolute Gasteiger partial charge is 0.314 e. The van der Waals surface area contributed by atoms with Gasteiger partial charge in [-0.05, 0) is 41.4 Å². The number of amides is 1. The molecule has 1 aliphatic rings. The van der Waals surface area contributed by atoms with Crippen LogP contribution in [0.5, 0.6) is 0 Å². The third-order valence-corrected chi connectivity index (χ3v) is 4.21. The lowest BCUT2D eigenvalue weighted by Crippen LogP contribution is -2.51. The molecule has 2 heterocycles. The molecular formula is C13H19BrN4O. The van der Waals surface area contributed by atoms with Gasteiger partial charge in [-0.15, -0.1) is 0 Å². The summed E-state index contributed by atoms with van der Waals surface area (Å²) in [6.07, 6.45) is 1.71. The van der Waals surface area contributed by atoms with Gasteiger partial charge in [0.1, 0.15) is 5.82 Å². The first-order valence-corrected chi connectivity index (χ1v) is 7.25. The van der Waals surface area contributed by atoms with Crippen molar-refractivity contribution in [1.82, 2.24) is 15.2 Å². The summed E-state index contributed by atoms with van der Waals surface area (Å²) >= 11 is 3.40. The monoisotopic (exact) mass is 326 g/mol. The van der Waals surface area contributed by atoms with E-state index in [2.05, 4.69) is 36.4 Å². The van der Waals surface area contributed by atoms with Gasteiger partial charge >= 0.3 is 0 Å². The first kappa shape index (κ1) is 14.4. The number of hydrogen-bond donors (Lipinski definition) is 2. The number of halogens is 1. The molecule has 1 aromatic heterocycles. The van der Waals surface area contributed by atoms with E-state index >= 15 is 0 Å². The van der Waals surface area contributed by atoms with E-state index in [0.29, 0.717) is 5.82 Å². The van der Waals surface area contributed by atoms with E-state index in [9.17, 15) is 4.79 Å². The molecule has 0 saturated carbocycles. The van der Waals surface area contributed by atoms with Crippen LogP contribution in [0.3, 0.4) is 0 Å². The molecule has 0 bridgehead atoms. The number of aryl methyl sites for hydroxylation is 1. The molecule has 0 aromatic carbocycles. The Kier molecular flexibility index (Phi) is 4.90. The third-order valence-electron chi connectivity index (χ3n) is 3.38. The molecule has 0 aliphatic carbocycles. The molecule has 5 nitrogen and oxygen atoms in total. The molecule has 0 radical (unpaired) electrons. The number of rotatable bonds is 3. The number of nitrogens with one attached hydrogen (secondary N) is 2. The summed E-state index contributed by atoms with van der Waals surface area (Å²) in [6, 6.07) is 1.74. The van der Waals surface area contributed by atoms with Crippen molar-refractivity contribution in [3.8, 4) is 0 Å². The van der Waals surface area contributed by atoms with Gasteiger partial charge < -0.3 is 10.6 Å². The number of piperazine rings is 1. The fraction of sp³-hybridized carbons (Fsp3) is 0.538. The van der Waals surface area contributed by atoms with Gasteiger partial charge in [0.2, 0.25) is 5.91 Å². The van der Waals surface area contributed by atoms with Gasteiger partial charge in [-0.2, -0.15) is 0 Å². The molecule has 0 spiro atoms. The van der Waals surface area contributed by atoms with Crippen LogP contribution in [0.25, 0.3) is 0 Å². The van der Waals surface area contributed by atoms with E-state index in [0.717, 1.165) is 36.2 Å². The third kappa shape index (κ3) is 3.75. The Labute approximate surface area is 121 Å². The summed E-state index contributed by atoms with van der Waals surface area (Å²) in [7, 11) is 0. The lowest BCUT2D eigenvalue weighted by molar-refractivity contribution is -0.121. The molecule has 1 aliphatic heterocycles. The Balaban J connectivity index is 1.97. The van der Waals surface area contributed by atoms with Gasteiger partial charge in [-0.1, -0.05) is 0 Å². The predicted molar refractivity (Wildman–Crippen MR) is 79.2 cm³/mol. The van der Waals surface area contributed by atoms with Gasteiger partial charge in [0.05, 0.1) is 6.04 Å². The maximum absolute atomic E-state index is 12.2. The van der Waals surface area contributed by atoms with E-state index < -0.39 is 0 Å². The Morgan fingerprint density at radius 2 is 2.21 bits per heavy atom. The van der Waals surface area contributed by atoms with Crippen molar-refractivity contribution in [2.75, 3.05) is 31.5 Å². The lowest BCUT2D eigenvalue weighted by atomic mass is 10.2. The standard InChI is InChI=1S/C13H19BrN4O/c1-9-7-12(16-8-11(9)14)17-13(19)10(2)18-5-3-15-4-6-18/h7-8,10,15H,3-6H2,1-2H3,(H,16,17,19). The van der Waals surface area contributed by atoms with E-state index in [-0.39, 0.29) is 11.9 Å². The second-order valence-electron chi connectivity index (χ2n) is 4.77. The van der Waals surface area contributed by atoms with Gasteiger partial charge in [-0.3, -0.25) is 9.69 Å². The summed E-state index contributed by atoms with van der Waals surface area (Å²) < 4.78 is 0.945. The molecule has 1 fully saturated rings. The molecule has 6 heteroatoms. The number of carbonyl (C=O) groups excluding carboxylic acids is 1. The summed E-state index contributed by atoms with van der Waals surface area (Å²) in [5.74, 6) is 0.601. The van der Waals surface area contributed by atoms with Crippen LogP contribution in [0.1, 0.15) is 12.5 Å². The molecule has 2 N–H and O–H groups in total. The highest BCUT2D eigenvalue weighted by Gasteiger charge is 2.22. The normalized spacial score (nSPS) is 18.1. The van der Waals surface area contributed by atoms with Crippen LogP contribution in [0, 0.1) is 6.92 Å². The maximum Gasteiger partial charge on any atom is 0.242 e. The first-order chi connectivity index (χ1) is 9.08. The predicted octanol–water partition coefficient (Wildman–Crippen LogP) is 1.38. The fourth-order valence-electron chi connectivity index (χ4n) is 2.07. The summed E-state index contributed by atoms with van der Waals surface area (Å²) in [5.41, 5.74) is 1.06. The van der Waals surface area contributed by atoms with Crippen molar-refractivity contribution < 1.29 is 4.79 Å². The highest BCUT2D eigenvalue weighted by atomic mass is 79.9. The van der Waals surface area contributed by atoms with E-state index in [4.69, 9.17) is 0 Å². The fourth-order valence-corrected chi connectivity index (χ4v) is 2.29. The van der Waals surface area contributed by atoms with Crippen LogP contribution in [0.4, 0.5) is 5.82 Å². The van der Waals surface area contributed by atoms with Gasteiger partial charge in [0.15, 0.2) is 0 Å². The maximum atomic E-state index is 12.2. The Hall–Kier alpha value is -0.980. The summed E-state index contributed by atoms with van der Waals surface area (Å²) in [4.78, 5) is 18.6. The molecule has 1 unspecified atom stereocenters. The molecule has 1 saturated heterocycles. The molecule has 1 aromatic rings. The molecule has 1 atom stereocenters. The number of anilines is 1. The van der Waals surface area contributed by atoms with E-state index in [1.54, 1.807) is 6.20 Å². The number of nitrogens with zero attached hydrogens (tertiary/aromatic N) is 2. The van der Waals surface area contributed by atoms with Crippen molar-refractivity contribution in [2.45, 2.75) is 19.9 Å². The van der Waals surface area contributed by atoms with Crippen LogP contribution in [-0.2, 0) is 4.79 Å². The number of pyridine rings is 1. The average molecular weight is 327 g/mol. The smallest absolute Gasteiger partial charge is 0.242 e. The van der Waals surface area contributed by atoms with Crippen LogP contribution in [-0.4, -0.2) is 48.0 Å². The zero-order valence-electron chi connectivity index (χ0n) is 11.2. The summed E-state index contributed by atoms with van der Waals surface area (Å²) in [5, 5.41) is 6.16. The topological polar surface area (TPSA) is 57.3 Å². The zero-order valence-corrected chi connectivity index (χ0v) is 12.8. The van der Waals surface area contributed by atoms with Crippen LogP contribution in [0.2, 0.25) is 0 Å². The second kappa shape index (κ2) is 6.45.